The molecule has 3 N–H and O–H groups in total. The summed E-state index contributed by atoms with van der Waals surface area (Å²) in [5.74, 6) is -0.893. The normalized spacial score (nSPS) is 18.2. The maximum absolute atomic E-state index is 11.8. The predicted molar refractivity (Wildman–Crippen MR) is 80.1 cm³/mol. The zero-order chi connectivity index (χ0) is 15.1. The molecule has 0 saturated carbocycles. The van der Waals surface area contributed by atoms with Crippen molar-refractivity contribution in [3.63, 3.8) is 0 Å². The number of carboxylic acid groups (broad SMARTS) is 1. The van der Waals surface area contributed by atoms with Gasteiger partial charge in [-0.25, -0.2) is 4.79 Å². The Balaban J connectivity index is 1.69. The molecule has 5 heteroatoms. The first kappa shape index (κ1) is 15.5. The van der Waals surface area contributed by atoms with Crippen LogP contribution in [0.15, 0.2) is 24.3 Å². The topological polar surface area (TPSA) is 78.4 Å². The molecule has 0 radical (unpaired) electrons. The minimum atomic E-state index is -0.939. The number of benzene rings is 1. The fourth-order valence-corrected chi connectivity index (χ4v) is 2.53. The summed E-state index contributed by atoms with van der Waals surface area (Å²) >= 11 is 0. The lowest BCUT2D eigenvalue weighted by Crippen LogP contribution is -2.35. The first-order chi connectivity index (χ1) is 10.1. The number of carboxylic acids is 1. The summed E-state index contributed by atoms with van der Waals surface area (Å²) in [5.41, 5.74) is 1.16. The van der Waals surface area contributed by atoms with Gasteiger partial charge in [0.05, 0.1) is 5.56 Å². The van der Waals surface area contributed by atoms with Crippen LogP contribution in [0.2, 0.25) is 0 Å². The Kier molecular flexibility index (Phi) is 5.75. The highest BCUT2D eigenvalue weighted by Crippen LogP contribution is 2.11. The van der Waals surface area contributed by atoms with E-state index in [2.05, 4.69) is 10.6 Å². The Morgan fingerprint density at radius 3 is 2.62 bits per heavy atom. The van der Waals surface area contributed by atoms with Gasteiger partial charge in [-0.2, -0.15) is 0 Å². The molecule has 1 aliphatic heterocycles. The number of rotatable bonds is 6. The average molecular weight is 290 g/mol. The van der Waals surface area contributed by atoms with Crippen LogP contribution < -0.4 is 10.6 Å². The average Bonchev–Trinajstić information content (AvgIpc) is 2.52. The first-order valence-corrected chi connectivity index (χ1v) is 7.47. The van der Waals surface area contributed by atoms with Crippen molar-refractivity contribution in [1.29, 1.82) is 0 Å². The van der Waals surface area contributed by atoms with E-state index in [1.54, 1.807) is 24.3 Å². The van der Waals surface area contributed by atoms with Crippen molar-refractivity contribution in [2.24, 2.45) is 0 Å². The van der Waals surface area contributed by atoms with E-state index in [9.17, 15) is 9.59 Å². The van der Waals surface area contributed by atoms with E-state index in [4.69, 9.17) is 5.11 Å². The largest absolute Gasteiger partial charge is 0.478 e. The molecule has 0 aliphatic carbocycles. The molecular formula is C16H22N2O3. The van der Waals surface area contributed by atoms with Crippen molar-refractivity contribution in [2.45, 2.75) is 44.7 Å². The molecule has 1 unspecified atom stereocenters. The highest BCUT2D eigenvalue weighted by Gasteiger charge is 2.13. The highest BCUT2D eigenvalue weighted by atomic mass is 16.4. The number of nitrogens with one attached hydrogen (secondary N) is 2. The van der Waals surface area contributed by atoms with Gasteiger partial charge in [0.2, 0.25) is 5.91 Å². The number of carbonyl (C=O) groups is 2. The van der Waals surface area contributed by atoms with Gasteiger partial charge in [0.15, 0.2) is 0 Å². The third-order valence-electron chi connectivity index (χ3n) is 3.82. The van der Waals surface area contributed by atoms with E-state index in [-0.39, 0.29) is 11.5 Å². The van der Waals surface area contributed by atoms with Crippen LogP contribution in [0.1, 0.15) is 48.0 Å². The summed E-state index contributed by atoms with van der Waals surface area (Å²) in [7, 11) is 0. The summed E-state index contributed by atoms with van der Waals surface area (Å²) in [4.78, 5) is 22.5. The highest BCUT2D eigenvalue weighted by molar-refractivity contribution is 5.87. The fourth-order valence-electron chi connectivity index (χ4n) is 2.53. The van der Waals surface area contributed by atoms with Crippen molar-refractivity contribution < 1.29 is 14.7 Å². The zero-order valence-electron chi connectivity index (χ0n) is 12.1. The van der Waals surface area contributed by atoms with Gasteiger partial charge in [-0.3, -0.25) is 4.79 Å². The maximum atomic E-state index is 11.8. The molecule has 0 spiro atoms. The Bertz CT molecular complexity index is 479. The van der Waals surface area contributed by atoms with Crippen LogP contribution >= 0.6 is 0 Å². The molecule has 2 rings (SSSR count). The van der Waals surface area contributed by atoms with E-state index >= 15 is 0 Å². The van der Waals surface area contributed by atoms with E-state index in [0.717, 1.165) is 24.9 Å². The Morgan fingerprint density at radius 1 is 1.24 bits per heavy atom. The molecule has 5 nitrogen and oxygen atoms in total. The van der Waals surface area contributed by atoms with Crippen LogP contribution in [0.5, 0.6) is 0 Å². The molecule has 1 atom stereocenters. The second-order valence-corrected chi connectivity index (χ2v) is 5.46. The Hall–Kier alpha value is -1.88. The van der Waals surface area contributed by atoms with Crippen molar-refractivity contribution in [2.75, 3.05) is 6.54 Å². The van der Waals surface area contributed by atoms with Gasteiger partial charge in [0.1, 0.15) is 0 Å². The molecule has 1 aliphatic rings. The molecule has 21 heavy (non-hydrogen) atoms. The number of carbonyl (C=O) groups excluding carboxylic acids is 1. The summed E-state index contributed by atoms with van der Waals surface area (Å²) in [6.07, 6.45) is 5.04. The SMILES string of the molecule is O=C(CCC1CCCCN1)NCc1ccc(C(=O)O)cc1. The number of piperidine rings is 1. The monoisotopic (exact) mass is 290 g/mol. The number of aromatic carboxylic acids is 1. The van der Waals surface area contributed by atoms with Crippen LogP contribution in [-0.4, -0.2) is 29.6 Å². The second-order valence-electron chi connectivity index (χ2n) is 5.46. The standard InChI is InChI=1S/C16H22N2O3/c19-15(9-8-14-3-1-2-10-17-14)18-11-12-4-6-13(7-5-12)16(20)21/h4-7,14,17H,1-3,8-11H2,(H,18,19)(H,20,21). The molecule has 1 aromatic carbocycles. The molecule has 1 heterocycles. The Morgan fingerprint density at radius 2 is 2.00 bits per heavy atom. The fraction of sp³-hybridized carbons (Fsp3) is 0.500. The van der Waals surface area contributed by atoms with Crippen molar-refractivity contribution in [3.05, 3.63) is 35.4 Å². The van der Waals surface area contributed by atoms with Gasteiger partial charge in [0.25, 0.3) is 0 Å². The summed E-state index contributed by atoms with van der Waals surface area (Å²) < 4.78 is 0. The number of hydrogen-bond donors (Lipinski definition) is 3. The number of amides is 1. The third-order valence-corrected chi connectivity index (χ3v) is 3.82. The summed E-state index contributed by atoms with van der Waals surface area (Å²) in [6, 6.07) is 7.03. The van der Waals surface area contributed by atoms with Crippen LogP contribution in [-0.2, 0) is 11.3 Å². The van der Waals surface area contributed by atoms with E-state index in [0.29, 0.717) is 19.0 Å². The molecule has 0 aromatic heterocycles. The van der Waals surface area contributed by atoms with Crippen LogP contribution in [0.3, 0.4) is 0 Å². The van der Waals surface area contributed by atoms with Crippen molar-refractivity contribution in [3.8, 4) is 0 Å². The van der Waals surface area contributed by atoms with Crippen LogP contribution in [0, 0.1) is 0 Å². The van der Waals surface area contributed by atoms with E-state index < -0.39 is 5.97 Å². The molecule has 1 amide bonds. The van der Waals surface area contributed by atoms with Gasteiger partial charge in [-0.05, 0) is 43.5 Å². The predicted octanol–water partition coefficient (Wildman–Crippen LogP) is 1.92. The summed E-state index contributed by atoms with van der Waals surface area (Å²) in [6.45, 7) is 1.50. The first-order valence-electron chi connectivity index (χ1n) is 7.47. The smallest absolute Gasteiger partial charge is 0.335 e. The van der Waals surface area contributed by atoms with E-state index in [1.165, 1.54) is 12.8 Å². The lowest BCUT2D eigenvalue weighted by molar-refractivity contribution is -0.121. The second kappa shape index (κ2) is 7.78. The maximum Gasteiger partial charge on any atom is 0.335 e. The van der Waals surface area contributed by atoms with Gasteiger partial charge in [-0.1, -0.05) is 18.6 Å². The van der Waals surface area contributed by atoms with Crippen molar-refractivity contribution in [1.82, 2.24) is 10.6 Å². The molecule has 1 fully saturated rings. The third kappa shape index (κ3) is 5.19. The lowest BCUT2D eigenvalue weighted by atomic mass is 10.0. The lowest BCUT2D eigenvalue weighted by Gasteiger charge is -2.23. The quantitative estimate of drug-likeness (QED) is 0.748. The van der Waals surface area contributed by atoms with Crippen LogP contribution in [0.4, 0.5) is 0 Å². The van der Waals surface area contributed by atoms with Crippen molar-refractivity contribution >= 4 is 11.9 Å². The molecule has 114 valence electrons. The minimum Gasteiger partial charge on any atom is -0.478 e. The summed E-state index contributed by atoms with van der Waals surface area (Å²) in [5, 5.41) is 15.1. The van der Waals surface area contributed by atoms with Gasteiger partial charge in [0, 0.05) is 19.0 Å². The minimum absolute atomic E-state index is 0.0460. The molecule has 0 bridgehead atoms. The van der Waals surface area contributed by atoms with E-state index in [1.807, 2.05) is 0 Å². The van der Waals surface area contributed by atoms with Gasteiger partial charge >= 0.3 is 5.97 Å². The van der Waals surface area contributed by atoms with Crippen LogP contribution in [0.25, 0.3) is 0 Å². The molecular weight excluding hydrogens is 268 g/mol. The number of hydrogen-bond acceptors (Lipinski definition) is 3. The zero-order valence-corrected chi connectivity index (χ0v) is 12.1. The van der Waals surface area contributed by atoms with Gasteiger partial charge < -0.3 is 15.7 Å². The van der Waals surface area contributed by atoms with Gasteiger partial charge in [-0.15, -0.1) is 0 Å². The molecule has 1 aromatic rings. The Labute approximate surface area is 124 Å². The molecule has 1 saturated heterocycles.